The van der Waals surface area contributed by atoms with Crippen LogP contribution in [0.2, 0.25) is 0 Å². The molecule has 9 heteroatoms. The summed E-state index contributed by atoms with van der Waals surface area (Å²) in [4.78, 5) is 21.9. The van der Waals surface area contributed by atoms with Gasteiger partial charge in [0.1, 0.15) is 10.9 Å². The van der Waals surface area contributed by atoms with Crippen LogP contribution in [-0.2, 0) is 9.59 Å². The van der Waals surface area contributed by atoms with Crippen molar-refractivity contribution in [2.45, 2.75) is 11.3 Å². The van der Waals surface area contributed by atoms with Crippen LogP contribution in [0.25, 0.3) is 0 Å². The van der Waals surface area contributed by atoms with Gasteiger partial charge in [-0.3, -0.25) is 20.4 Å². The van der Waals surface area contributed by atoms with Crippen molar-refractivity contribution in [2.24, 2.45) is 0 Å². The topological polar surface area (TPSA) is 84.0 Å². The summed E-state index contributed by atoms with van der Waals surface area (Å²) < 4.78 is 0.719. The second kappa shape index (κ2) is 6.66. The van der Waals surface area contributed by atoms with Crippen LogP contribution in [0.3, 0.4) is 0 Å². The van der Waals surface area contributed by atoms with E-state index in [4.69, 9.17) is 11.6 Å². The number of nitrogens with zero attached hydrogens (tertiary/aromatic N) is 2. The maximum atomic E-state index is 11.2. The molecule has 16 heavy (non-hydrogen) atoms. The molecule has 0 spiro atoms. The number of hydrazine groups is 1. The number of nitrogens with one attached hydrogen (secondary N) is 2. The van der Waals surface area contributed by atoms with Crippen LogP contribution >= 0.6 is 34.7 Å². The second-order valence-corrected chi connectivity index (χ2v) is 5.28. The quantitative estimate of drug-likeness (QED) is 0.472. The van der Waals surface area contributed by atoms with Crippen molar-refractivity contribution in [1.82, 2.24) is 21.0 Å². The van der Waals surface area contributed by atoms with Crippen LogP contribution in [0.1, 0.15) is 5.01 Å². The SMILES string of the molecule is Cc1nnc(SCC(=O)NNC(=O)CCl)s1. The molecule has 0 aromatic carbocycles. The molecule has 0 saturated heterocycles. The van der Waals surface area contributed by atoms with Gasteiger partial charge in [0.2, 0.25) is 5.91 Å². The van der Waals surface area contributed by atoms with E-state index in [1.807, 2.05) is 6.92 Å². The lowest BCUT2D eigenvalue weighted by atomic mass is 10.7. The van der Waals surface area contributed by atoms with Gasteiger partial charge in [-0.2, -0.15) is 0 Å². The minimum Gasteiger partial charge on any atom is -0.272 e. The fraction of sp³-hybridized carbons (Fsp3) is 0.429. The molecular weight excluding hydrogens is 272 g/mol. The summed E-state index contributed by atoms with van der Waals surface area (Å²) in [5.74, 6) is -0.802. The summed E-state index contributed by atoms with van der Waals surface area (Å²) in [5, 5.41) is 8.50. The first-order chi connectivity index (χ1) is 7.61. The van der Waals surface area contributed by atoms with Crippen LogP contribution in [-0.4, -0.2) is 33.6 Å². The molecule has 0 atom stereocenters. The molecule has 0 unspecified atom stereocenters. The van der Waals surface area contributed by atoms with Gasteiger partial charge in [0.15, 0.2) is 4.34 Å². The third-order valence-corrected chi connectivity index (χ3v) is 3.51. The maximum absolute atomic E-state index is 11.2. The Labute approximate surface area is 105 Å². The summed E-state index contributed by atoms with van der Waals surface area (Å²) in [7, 11) is 0. The number of amides is 2. The van der Waals surface area contributed by atoms with Gasteiger partial charge < -0.3 is 0 Å². The number of carbonyl (C=O) groups excluding carboxylic acids is 2. The van der Waals surface area contributed by atoms with Crippen LogP contribution in [0.15, 0.2) is 4.34 Å². The van der Waals surface area contributed by atoms with Gasteiger partial charge >= 0.3 is 0 Å². The van der Waals surface area contributed by atoms with E-state index in [2.05, 4.69) is 21.0 Å². The first-order valence-corrected chi connectivity index (χ1v) is 6.52. The molecular formula is C7H9ClN4O2S2. The lowest BCUT2D eigenvalue weighted by Gasteiger charge is -2.03. The number of carbonyl (C=O) groups is 2. The maximum Gasteiger partial charge on any atom is 0.253 e. The number of hydrogen-bond acceptors (Lipinski definition) is 6. The van der Waals surface area contributed by atoms with E-state index in [0.717, 1.165) is 9.35 Å². The third-order valence-electron chi connectivity index (χ3n) is 1.30. The highest BCUT2D eigenvalue weighted by molar-refractivity contribution is 8.01. The molecule has 0 aliphatic heterocycles. The Hall–Kier alpha value is -0.860. The van der Waals surface area contributed by atoms with Crippen molar-refractivity contribution in [3.8, 4) is 0 Å². The van der Waals surface area contributed by atoms with E-state index in [1.165, 1.54) is 23.1 Å². The Morgan fingerprint density at radius 3 is 2.62 bits per heavy atom. The Bertz CT molecular complexity index is 384. The minimum absolute atomic E-state index is 0.164. The highest BCUT2D eigenvalue weighted by Gasteiger charge is 2.07. The molecule has 0 saturated carbocycles. The number of thioether (sulfide) groups is 1. The molecule has 0 aliphatic carbocycles. The summed E-state index contributed by atoms with van der Waals surface area (Å²) >= 11 is 7.89. The van der Waals surface area contributed by atoms with E-state index in [-0.39, 0.29) is 17.5 Å². The summed E-state index contributed by atoms with van der Waals surface area (Å²) in [5.41, 5.74) is 4.38. The van der Waals surface area contributed by atoms with Crippen molar-refractivity contribution < 1.29 is 9.59 Å². The van der Waals surface area contributed by atoms with E-state index < -0.39 is 5.91 Å². The molecule has 0 fully saturated rings. The molecule has 1 aromatic heterocycles. The van der Waals surface area contributed by atoms with Crippen molar-refractivity contribution in [2.75, 3.05) is 11.6 Å². The summed E-state index contributed by atoms with van der Waals surface area (Å²) in [6.45, 7) is 1.84. The fourth-order valence-electron chi connectivity index (χ4n) is 0.673. The number of aryl methyl sites for hydroxylation is 1. The lowest BCUT2D eigenvalue weighted by Crippen LogP contribution is -2.43. The number of rotatable bonds is 4. The molecule has 2 amide bonds. The van der Waals surface area contributed by atoms with E-state index in [9.17, 15) is 9.59 Å². The van der Waals surface area contributed by atoms with Crippen LogP contribution in [0.4, 0.5) is 0 Å². The zero-order chi connectivity index (χ0) is 12.0. The Balaban J connectivity index is 2.22. The van der Waals surface area contributed by atoms with E-state index in [0.29, 0.717) is 0 Å². The normalized spacial score (nSPS) is 9.88. The zero-order valence-corrected chi connectivity index (χ0v) is 10.7. The van der Waals surface area contributed by atoms with E-state index in [1.54, 1.807) is 0 Å². The molecule has 1 heterocycles. The van der Waals surface area contributed by atoms with Gasteiger partial charge in [-0.1, -0.05) is 23.1 Å². The Morgan fingerprint density at radius 2 is 2.06 bits per heavy atom. The summed E-state index contributed by atoms with van der Waals surface area (Å²) in [6.07, 6.45) is 0. The molecule has 6 nitrogen and oxygen atoms in total. The average molecular weight is 281 g/mol. The molecule has 0 aliphatic rings. The van der Waals surface area contributed by atoms with Crippen LogP contribution in [0.5, 0.6) is 0 Å². The van der Waals surface area contributed by atoms with Gasteiger partial charge in [-0.25, -0.2) is 0 Å². The van der Waals surface area contributed by atoms with Crippen molar-refractivity contribution in [1.29, 1.82) is 0 Å². The molecule has 2 N–H and O–H groups in total. The van der Waals surface area contributed by atoms with Crippen molar-refractivity contribution in [3.63, 3.8) is 0 Å². The first kappa shape index (κ1) is 13.2. The molecule has 0 bridgehead atoms. The number of aromatic nitrogens is 2. The summed E-state index contributed by atoms with van der Waals surface area (Å²) in [6, 6.07) is 0. The molecule has 1 aromatic rings. The van der Waals surface area contributed by atoms with Crippen LogP contribution < -0.4 is 10.9 Å². The van der Waals surface area contributed by atoms with Gasteiger partial charge in [0, 0.05) is 0 Å². The van der Waals surface area contributed by atoms with Crippen LogP contribution in [0, 0.1) is 6.92 Å². The van der Waals surface area contributed by atoms with Gasteiger partial charge in [-0.15, -0.1) is 21.8 Å². The number of alkyl halides is 1. The predicted octanol–water partition coefficient (Wildman–Crippen LogP) is 0.325. The Morgan fingerprint density at radius 1 is 1.38 bits per heavy atom. The number of hydrogen-bond donors (Lipinski definition) is 2. The van der Waals surface area contributed by atoms with Gasteiger partial charge in [0.05, 0.1) is 5.75 Å². The molecule has 1 rings (SSSR count). The van der Waals surface area contributed by atoms with Crippen molar-refractivity contribution in [3.05, 3.63) is 5.01 Å². The smallest absolute Gasteiger partial charge is 0.253 e. The lowest BCUT2D eigenvalue weighted by molar-refractivity contribution is -0.126. The zero-order valence-electron chi connectivity index (χ0n) is 8.32. The first-order valence-electron chi connectivity index (χ1n) is 4.18. The van der Waals surface area contributed by atoms with Gasteiger partial charge in [0.25, 0.3) is 5.91 Å². The Kier molecular flexibility index (Phi) is 5.50. The standard InChI is InChI=1S/C7H9ClN4O2S2/c1-4-9-12-7(16-4)15-3-6(14)11-10-5(13)2-8/h2-3H2,1H3,(H,10,13)(H,11,14). The minimum atomic E-state index is -0.452. The monoisotopic (exact) mass is 280 g/mol. The largest absolute Gasteiger partial charge is 0.272 e. The van der Waals surface area contributed by atoms with E-state index >= 15 is 0 Å². The predicted molar refractivity (Wildman–Crippen MR) is 62.4 cm³/mol. The highest BCUT2D eigenvalue weighted by atomic mass is 35.5. The fourth-order valence-corrected chi connectivity index (χ4v) is 2.36. The average Bonchev–Trinajstić information content (AvgIpc) is 2.69. The second-order valence-electron chi connectivity index (χ2n) is 2.61. The van der Waals surface area contributed by atoms with Gasteiger partial charge in [-0.05, 0) is 6.92 Å². The van der Waals surface area contributed by atoms with Crippen molar-refractivity contribution >= 4 is 46.5 Å². The number of halogens is 1. The third kappa shape index (κ3) is 4.77. The molecule has 0 radical (unpaired) electrons. The highest BCUT2D eigenvalue weighted by Crippen LogP contribution is 2.21. The molecule has 88 valence electrons.